The van der Waals surface area contributed by atoms with E-state index in [1.165, 1.54) is 16.7 Å². The number of carboxylic acid groups (broad SMARTS) is 1. The molecule has 110 valence electrons. The molecule has 2 rings (SSSR count). The lowest BCUT2D eigenvalue weighted by Gasteiger charge is -2.38. The number of hydrogen-bond acceptors (Lipinski definition) is 3. The first-order valence-corrected chi connectivity index (χ1v) is 7.12. The van der Waals surface area contributed by atoms with E-state index >= 15 is 0 Å². The van der Waals surface area contributed by atoms with Crippen LogP contribution < -0.4 is 0 Å². The van der Waals surface area contributed by atoms with Crippen LogP contribution in [0.5, 0.6) is 0 Å². The van der Waals surface area contributed by atoms with Crippen molar-refractivity contribution in [2.75, 3.05) is 19.7 Å². The van der Waals surface area contributed by atoms with E-state index in [1.54, 1.807) is 0 Å². The minimum Gasteiger partial charge on any atom is -0.481 e. The average Bonchev–Trinajstić information content (AvgIpc) is 2.40. The molecule has 1 heterocycles. The van der Waals surface area contributed by atoms with Gasteiger partial charge in [-0.25, -0.2) is 0 Å². The molecule has 1 fully saturated rings. The maximum Gasteiger partial charge on any atom is 0.304 e. The van der Waals surface area contributed by atoms with E-state index in [0.29, 0.717) is 13.2 Å². The van der Waals surface area contributed by atoms with E-state index in [4.69, 9.17) is 9.84 Å². The molecule has 4 heteroatoms. The first kappa shape index (κ1) is 15.0. The molecule has 0 amide bonds. The number of aliphatic carboxylic acids is 1. The summed E-state index contributed by atoms with van der Waals surface area (Å²) in [6.45, 7) is 8.26. The Kier molecular flexibility index (Phi) is 4.78. The van der Waals surface area contributed by atoms with Crippen LogP contribution in [-0.2, 0) is 9.53 Å². The maximum atomic E-state index is 10.7. The van der Waals surface area contributed by atoms with Crippen molar-refractivity contribution in [3.05, 3.63) is 34.9 Å². The van der Waals surface area contributed by atoms with Crippen molar-refractivity contribution in [3.63, 3.8) is 0 Å². The standard InChI is InChI=1S/C16H23NO3/c1-11-4-5-12(2)14(8-11)15-9-17(7-6-16(18)19)13(3)10-20-15/h4-5,8,13,15H,6-7,9-10H2,1-3H3,(H,18,19)/t13-,15-/m0/s1. The fourth-order valence-corrected chi connectivity index (χ4v) is 2.65. The smallest absolute Gasteiger partial charge is 0.304 e. The van der Waals surface area contributed by atoms with Gasteiger partial charge < -0.3 is 9.84 Å². The van der Waals surface area contributed by atoms with Gasteiger partial charge in [-0.15, -0.1) is 0 Å². The second-order valence-electron chi connectivity index (χ2n) is 5.67. The van der Waals surface area contributed by atoms with Crippen LogP contribution in [0.1, 0.15) is 36.1 Å². The molecule has 0 unspecified atom stereocenters. The van der Waals surface area contributed by atoms with E-state index in [1.807, 2.05) is 0 Å². The summed E-state index contributed by atoms with van der Waals surface area (Å²) in [6, 6.07) is 6.67. The second kappa shape index (κ2) is 6.37. The summed E-state index contributed by atoms with van der Waals surface area (Å²) >= 11 is 0. The summed E-state index contributed by atoms with van der Waals surface area (Å²) in [5.41, 5.74) is 3.68. The Morgan fingerprint density at radius 3 is 2.90 bits per heavy atom. The number of morpholine rings is 1. The average molecular weight is 277 g/mol. The highest BCUT2D eigenvalue weighted by Gasteiger charge is 2.28. The lowest BCUT2D eigenvalue weighted by atomic mass is 9.99. The van der Waals surface area contributed by atoms with Crippen molar-refractivity contribution in [1.29, 1.82) is 0 Å². The largest absolute Gasteiger partial charge is 0.481 e. The van der Waals surface area contributed by atoms with Gasteiger partial charge in [-0.05, 0) is 31.9 Å². The van der Waals surface area contributed by atoms with Crippen LogP contribution in [-0.4, -0.2) is 41.7 Å². The van der Waals surface area contributed by atoms with Crippen molar-refractivity contribution in [2.45, 2.75) is 39.3 Å². The zero-order chi connectivity index (χ0) is 14.7. The lowest BCUT2D eigenvalue weighted by Crippen LogP contribution is -2.45. The number of nitrogens with zero attached hydrogens (tertiary/aromatic N) is 1. The van der Waals surface area contributed by atoms with E-state index < -0.39 is 5.97 Å². The van der Waals surface area contributed by atoms with Crippen LogP contribution in [0.4, 0.5) is 0 Å². The second-order valence-corrected chi connectivity index (χ2v) is 5.67. The van der Waals surface area contributed by atoms with Gasteiger partial charge in [0.15, 0.2) is 0 Å². The Hall–Kier alpha value is -1.39. The summed E-state index contributed by atoms with van der Waals surface area (Å²) in [5, 5.41) is 8.84. The van der Waals surface area contributed by atoms with Crippen molar-refractivity contribution < 1.29 is 14.6 Å². The molecule has 1 aromatic carbocycles. The first-order valence-electron chi connectivity index (χ1n) is 7.12. The predicted octanol–water partition coefficient (Wildman–Crippen LogP) is 2.54. The summed E-state index contributed by atoms with van der Waals surface area (Å²) in [6.07, 6.45) is 0.226. The van der Waals surface area contributed by atoms with Gasteiger partial charge >= 0.3 is 5.97 Å². The number of ether oxygens (including phenoxy) is 1. The molecule has 1 aromatic rings. The number of hydrogen-bond donors (Lipinski definition) is 1. The van der Waals surface area contributed by atoms with E-state index in [2.05, 4.69) is 43.9 Å². The molecular formula is C16H23NO3. The van der Waals surface area contributed by atoms with E-state index in [0.717, 1.165) is 6.54 Å². The highest BCUT2D eigenvalue weighted by atomic mass is 16.5. The van der Waals surface area contributed by atoms with E-state index in [-0.39, 0.29) is 18.6 Å². The summed E-state index contributed by atoms with van der Waals surface area (Å²) < 4.78 is 5.96. The number of rotatable bonds is 4. The van der Waals surface area contributed by atoms with Gasteiger partial charge in [0.1, 0.15) is 0 Å². The fraction of sp³-hybridized carbons (Fsp3) is 0.562. The molecule has 4 nitrogen and oxygen atoms in total. The Balaban J connectivity index is 2.09. The molecule has 0 saturated carbocycles. The van der Waals surface area contributed by atoms with Crippen LogP contribution in [0.15, 0.2) is 18.2 Å². The highest BCUT2D eigenvalue weighted by molar-refractivity contribution is 5.66. The SMILES string of the molecule is Cc1ccc(C)c([C@@H]2CN(CCC(=O)O)[C@@H](C)CO2)c1. The number of benzene rings is 1. The highest BCUT2D eigenvalue weighted by Crippen LogP contribution is 2.28. The predicted molar refractivity (Wildman–Crippen MR) is 77.9 cm³/mol. The monoisotopic (exact) mass is 277 g/mol. The number of aryl methyl sites for hydroxylation is 2. The summed E-state index contributed by atoms with van der Waals surface area (Å²) in [7, 11) is 0. The zero-order valence-electron chi connectivity index (χ0n) is 12.4. The van der Waals surface area contributed by atoms with Gasteiger partial charge in [0, 0.05) is 19.1 Å². The number of carboxylic acids is 1. The van der Waals surface area contributed by atoms with Gasteiger partial charge in [-0.1, -0.05) is 23.8 Å². The molecule has 1 N–H and O–H groups in total. The van der Waals surface area contributed by atoms with Crippen molar-refractivity contribution in [3.8, 4) is 0 Å². The molecule has 1 aliphatic heterocycles. The molecule has 20 heavy (non-hydrogen) atoms. The topological polar surface area (TPSA) is 49.8 Å². The molecule has 2 atom stereocenters. The molecule has 0 aromatic heterocycles. The van der Waals surface area contributed by atoms with Gasteiger partial charge in [-0.3, -0.25) is 9.69 Å². The van der Waals surface area contributed by atoms with E-state index in [9.17, 15) is 4.79 Å². The molecule has 1 aliphatic rings. The lowest BCUT2D eigenvalue weighted by molar-refractivity contribution is -0.138. The van der Waals surface area contributed by atoms with Gasteiger partial charge in [-0.2, -0.15) is 0 Å². The van der Waals surface area contributed by atoms with Crippen LogP contribution in [0.25, 0.3) is 0 Å². The fourth-order valence-electron chi connectivity index (χ4n) is 2.65. The van der Waals surface area contributed by atoms with Gasteiger partial charge in [0.05, 0.1) is 19.1 Å². The summed E-state index contributed by atoms with van der Waals surface area (Å²) in [4.78, 5) is 13.0. The number of carbonyl (C=O) groups is 1. The van der Waals surface area contributed by atoms with Crippen molar-refractivity contribution >= 4 is 5.97 Å². The van der Waals surface area contributed by atoms with Crippen LogP contribution in [0.2, 0.25) is 0 Å². The minimum absolute atomic E-state index is 0.0416. The van der Waals surface area contributed by atoms with Crippen LogP contribution in [0.3, 0.4) is 0 Å². The summed E-state index contributed by atoms with van der Waals surface area (Å²) in [5.74, 6) is -0.744. The van der Waals surface area contributed by atoms with Crippen molar-refractivity contribution in [2.24, 2.45) is 0 Å². The molecule has 0 radical (unpaired) electrons. The molecule has 0 spiro atoms. The van der Waals surface area contributed by atoms with Crippen molar-refractivity contribution in [1.82, 2.24) is 4.90 Å². The Morgan fingerprint density at radius 1 is 1.45 bits per heavy atom. The third-order valence-electron chi connectivity index (χ3n) is 3.96. The first-order chi connectivity index (χ1) is 9.47. The Bertz CT molecular complexity index is 487. The zero-order valence-corrected chi connectivity index (χ0v) is 12.4. The van der Waals surface area contributed by atoms with Crippen LogP contribution >= 0.6 is 0 Å². The van der Waals surface area contributed by atoms with Crippen LogP contribution in [0, 0.1) is 13.8 Å². The Morgan fingerprint density at radius 2 is 2.20 bits per heavy atom. The third-order valence-corrected chi connectivity index (χ3v) is 3.96. The quantitative estimate of drug-likeness (QED) is 0.919. The third kappa shape index (κ3) is 3.58. The normalized spacial score (nSPS) is 23.8. The molecular weight excluding hydrogens is 254 g/mol. The van der Waals surface area contributed by atoms with Gasteiger partial charge in [0.2, 0.25) is 0 Å². The molecule has 0 aliphatic carbocycles. The minimum atomic E-state index is -0.744. The van der Waals surface area contributed by atoms with Gasteiger partial charge in [0.25, 0.3) is 0 Å². The Labute approximate surface area is 120 Å². The maximum absolute atomic E-state index is 10.7. The molecule has 0 bridgehead atoms. The molecule has 1 saturated heterocycles.